The molecule has 0 bridgehead atoms. The van der Waals surface area contributed by atoms with E-state index in [4.69, 9.17) is 16.3 Å². The molecule has 2 rings (SSSR count). The van der Waals surface area contributed by atoms with Crippen molar-refractivity contribution in [2.45, 2.75) is 23.8 Å². The van der Waals surface area contributed by atoms with Gasteiger partial charge in [0.1, 0.15) is 0 Å². The monoisotopic (exact) mass is 396 g/mol. The first-order valence-corrected chi connectivity index (χ1v) is 11.2. The van der Waals surface area contributed by atoms with E-state index in [9.17, 15) is 16.8 Å². The molecule has 0 aromatic heterocycles. The normalized spacial score (nSPS) is 19.0. The summed E-state index contributed by atoms with van der Waals surface area (Å²) < 4.78 is 57.2. The van der Waals surface area contributed by atoms with Crippen LogP contribution in [-0.2, 0) is 24.8 Å². The summed E-state index contributed by atoms with van der Waals surface area (Å²) in [7, 11) is -7.15. The van der Waals surface area contributed by atoms with Gasteiger partial charge in [-0.05, 0) is 37.1 Å². The molecule has 1 saturated heterocycles. The Bertz CT molecular complexity index is 744. The molecule has 1 unspecified atom stereocenters. The summed E-state index contributed by atoms with van der Waals surface area (Å²) in [5.41, 5.74) is 0. The number of halogens is 1. The van der Waals surface area contributed by atoms with Crippen LogP contribution in [0.5, 0.6) is 0 Å². The predicted octanol–water partition coefficient (Wildman–Crippen LogP) is 1.06. The number of ether oxygens (including phenoxy) is 1. The molecule has 24 heavy (non-hydrogen) atoms. The number of hydrogen-bond donors (Lipinski definition) is 1. The van der Waals surface area contributed by atoms with Gasteiger partial charge in [-0.25, -0.2) is 21.6 Å². The minimum absolute atomic E-state index is 0.0231. The Hall–Kier alpha value is -0.710. The van der Waals surface area contributed by atoms with E-state index < -0.39 is 20.0 Å². The molecule has 0 amide bonds. The minimum atomic E-state index is -3.71. The Morgan fingerprint density at radius 3 is 2.46 bits per heavy atom. The van der Waals surface area contributed by atoms with Crippen molar-refractivity contribution in [2.24, 2.45) is 0 Å². The van der Waals surface area contributed by atoms with Gasteiger partial charge >= 0.3 is 0 Å². The maximum Gasteiger partial charge on any atom is 0.240 e. The molecule has 1 aliphatic rings. The van der Waals surface area contributed by atoms with E-state index in [1.807, 2.05) is 0 Å². The van der Waals surface area contributed by atoms with Crippen molar-refractivity contribution in [1.82, 2.24) is 9.03 Å². The molecule has 1 heterocycles. The van der Waals surface area contributed by atoms with E-state index in [2.05, 4.69) is 4.72 Å². The molecular formula is C14H21ClN2O5S2. The predicted molar refractivity (Wildman–Crippen MR) is 92.0 cm³/mol. The van der Waals surface area contributed by atoms with Crippen LogP contribution >= 0.6 is 11.6 Å². The van der Waals surface area contributed by atoms with Crippen LogP contribution in [0.2, 0.25) is 5.02 Å². The van der Waals surface area contributed by atoms with Crippen LogP contribution in [0, 0.1) is 0 Å². The maximum absolute atomic E-state index is 12.2. The number of rotatable bonds is 8. The summed E-state index contributed by atoms with van der Waals surface area (Å²) in [4.78, 5) is 0.0805. The standard InChI is InChI=1S/C14H21ClN2O5S2/c1-23(18,19)17(11-13-3-2-10-22-13)9-8-16-24(20,21)14-6-4-12(15)5-7-14/h4-7,13,16H,2-3,8-11H2,1H3. The van der Waals surface area contributed by atoms with Gasteiger partial charge in [0, 0.05) is 31.3 Å². The zero-order valence-electron chi connectivity index (χ0n) is 13.3. The van der Waals surface area contributed by atoms with Gasteiger partial charge in [-0.3, -0.25) is 0 Å². The Morgan fingerprint density at radius 2 is 1.92 bits per heavy atom. The summed E-state index contributed by atoms with van der Waals surface area (Å²) in [6.45, 7) is 0.892. The van der Waals surface area contributed by atoms with Crippen molar-refractivity contribution in [2.75, 3.05) is 32.5 Å². The molecule has 0 radical (unpaired) electrons. The van der Waals surface area contributed by atoms with Gasteiger partial charge in [0.2, 0.25) is 20.0 Å². The highest BCUT2D eigenvalue weighted by atomic mass is 35.5. The van der Waals surface area contributed by atoms with E-state index in [-0.39, 0.29) is 30.6 Å². The van der Waals surface area contributed by atoms with Crippen molar-refractivity contribution in [3.05, 3.63) is 29.3 Å². The van der Waals surface area contributed by atoms with Gasteiger partial charge in [-0.15, -0.1) is 0 Å². The third-order valence-corrected chi connectivity index (χ3v) is 6.68. The summed E-state index contributed by atoms with van der Waals surface area (Å²) in [5.74, 6) is 0. The van der Waals surface area contributed by atoms with Crippen LogP contribution < -0.4 is 4.72 Å². The van der Waals surface area contributed by atoms with Crippen molar-refractivity contribution < 1.29 is 21.6 Å². The number of nitrogens with one attached hydrogen (secondary N) is 1. The fourth-order valence-electron chi connectivity index (χ4n) is 2.41. The van der Waals surface area contributed by atoms with Crippen molar-refractivity contribution in [3.8, 4) is 0 Å². The Kier molecular flexibility index (Phi) is 6.63. The molecule has 1 aromatic rings. The van der Waals surface area contributed by atoms with E-state index in [1.165, 1.54) is 28.6 Å². The summed E-state index contributed by atoms with van der Waals surface area (Å²) in [5, 5.41) is 0.439. The third-order valence-electron chi connectivity index (χ3n) is 3.68. The first kappa shape index (κ1) is 19.6. The molecule has 10 heteroatoms. The lowest BCUT2D eigenvalue weighted by Gasteiger charge is -2.23. The van der Waals surface area contributed by atoms with Gasteiger partial charge in [-0.1, -0.05) is 11.6 Å². The lowest BCUT2D eigenvalue weighted by Crippen LogP contribution is -2.41. The molecule has 1 aromatic carbocycles. The number of sulfonamides is 2. The lowest BCUT2D eigenvalue weighted by molar-refractivity contribution is 0.0943. The number of hydrogen-bond acceptors (Lipinski definition) is 5. The largest absolute Gasteiger partial charge is 0.377 e. The average Bonchev–Trinajstić information content (AvgIpc) is 2.98. The van der Waals surface area contributed by atoms with Gasteiger partial charge in [0.05, 0.1) is 17.3 Å². The molecular weight excluding hydrogens is 376 g/mol. The molecule has 136 valence electrons. The van der Waals surface area contributed by atoms with E-state index in [1.54, 1.807) is 0 Å². The van der Waals surface area contributed by atoms with Crippen LogP contribution in [0.25, 0.3) is 0 Å². The quantitative estimate of drug-likeness (QED) is 0.709. The summed E-state index contributed by atoms with van der Waals surface area (Å²) >= 11 is 5.74. The second-order valence-corrected chi connectivity index (χ2v) is 9.79. The molecule has 1 aliphatic heterocycles. The van der Waals surface area contributed by atoms with Gasteiger partial charge in [0.25, 0.3) is 0 Å². The smallest absolute Gasteiger partial charge is 0.240 e. The van der Waals surface area contributed by atoms with Crippen molar-refractivity contribution >= 4 is 31.6 Å². The zero-order chi connectivity index (χ0) is 17.8. The Balaban J connectivity index is 1.95. The van der Waals surface area contributed by atoms with E-state index in [0.29, 0.717) is 11.6 Å². The van der Waals surface area contributed by atoms with Gasteiger partial charge in [0.15, 0.2) is 0 Å². The Labute approximate surface area is 148 Å². The second-order valence-electron chi connectivity index (χ2n) is 5.61. The highest BCUT2D eigenvalue weighted by Gasteiger charge is 2.25. The number of nitrogens with zero attached hydrogens (tertiary/aromatic N) is 1. The van der Waals surface area contributed by atoms with Crippen LogP contribution in [0.15, 0.2) is 29.2 Å². The van der Waals surface area contributed by atoms with E-state index >= 15 is 0 Å². The first-order valence-electron chi connectivity index (χ1n) is 7.50. The first-order chi connectivity index (χ1) is 11.2. The fraction of sp³-hybridized carbons (Fsp3) is 0.571. The zero-order valence-corrected chi connectivity index (χ0v) is 15.7. The van der Waals surface area contributed by atoms with Crippen LogP contribution in [0.4, 0.5) is 0 Å². The van der Waals surface area contributed by atoms with E-state index in [0.717, 1.165) is 19.1 Å². The van der Waals surface area contributed by atoms with Crippen molar-refractivity contribution in [3.63, 3.8) is 0 Å². The van der Waals surface area contributed by atoms with Crippen LogP contribution in [-0.4, -0.2) is 59.7 Å². The van der Waals surface area contributed by atoms with Gasteiger partial charge in [-0.2, -0.15) is 4.31 Å². The van der Waals surface area contributed by atoms with Crippen LogP contribution in [0.1, 0.15) is 12.8 Å². The minimum Gasteiger partial charge on any atom is -0.377 e. The summed E-state index contributed by atoms with van der Waals surface area (Å²) in [6.07, 6.45) is 2.69. The Morgan fingerprint density at radius 1 is 1.25 bits per heavy atom. The van der Waals surface area contributed by atoms with Crippen LogP contribution in [0.3, 0.4) is 0 Å². The molecule has 1 N–H and O–H groups in total. The van der Waals surface area contributed by atoms with Gasteiger partial charge < -0.3 is 4.74 Å². The SMILES string of the molecule is CS(=O)(=O)N(CCNS(=O)(=O)c1ccc(Cl)cc1)CC1CCCO1. The highest BCUT2D eigenvalue weighted by molar-refractivity contribution is 7.89. The molecule has 1 atom stereocenters. The highest BCUT2D eigenvalue weighted by Crippen LogP contribution is 2.15. The fourth-order valence-corrected chi connectivity index (χ4v) is 4.42. The molecule has 7 nitrogen and oxygen atoms in total. The molecule has 0 aliphatic carbocycles. The summed E-state index contributed by atoms with van der Waals surface area (Å²) in [6, 6.07) is 5.75. The number of benzene rings is 1. The molecule has 1 fully saturated rings. The third kappa shape index (κ3) is 5.68. The molecule has 0 saturated carbocycles. The maximum atomic E-state index is 12.2. The second kappa shape index (κ2) is 8.11. The van der Waals surface area contributed by atoms with Crippen molar-refractivity contribution in [1.29, 1.82) is 0 Å². The topological polar surface area (TPSA) is 92.8 Å². The average molecular weight is 397 g/mol. The molecule has 0 spiro atoms. The lowest BCUT2D eigenvalue weighted by atomic mass is 10.2.